The molecule has 0 aliphatic heterocycles. The molecule has 5 nitrogen and oxygen atoms in total. The van der Waals surface area contributed by atoms with Crippen LogP contribution in [0.4, 0.5) is 4.79 Å². The quantitative estimate of drug-likeness (QED) is 0.788. The zero-order valence-corrected chi connectivity index (χ0v) is 13.1. The lowest BCUT2D eigenvalue weighted by molar-refractivity contribution is -0.137. The van der Waals surface area contributed by atoms with E-state index < -0.39 is 5.97 Å². The molecule has 0 bridgehead atoms. The molecule has 0 heterocycles. The molecule has 1 saturated carbocycles. The third-order valence-corrected chi connectivity index (χ3v) is 3.97. The highest BCUT2D eigenvalue weighted by Gasteiger charge is 2.32. The minimum Gasteiger partial charge on any atom is -0.481 e. The molecular formula is C15H28N2O3. The van der Waals surface area contributed by atoms with E-state index in [2.05, 4.69) is 19.2 Å². The van der Waals surface area contributed by atoms with Gasteiger partial charge in [0.25, 0.3) is 0 Å². The Kier molecular flexibility index (Phi) is 5.84. The molecule has 2 amide bonds. The van der Waals surface area contributed by atoms with E-state index in [-0.39, 0.29) is 24.5 Å². The van der Waals surface area contributed by atoms with E-state index in [1.165, 1.54) is 0 Å². The Balaban J connectivity index is 2.46. The van der Waals surface area contributed by atoms with Crippen LogP contribution >= 0.6 is 0 Å². The fourth-order valence-electron chi connectivity index (χ4n) is 2.81. The molecule has 1 rings (SSSR count). The van der Waals surface area contributed by atoms with Crippen molar-refractivity contribution in [1.82, 2.24) is 10.2 Å². The molecule has 1 unspecified atom stereocenters. The first-order valence-electron chi connectivity index (χ1n) is 7.50. The Bertz CT molecular complexity index is 353. The van der Waals surface area contributed by atoms with Crippen LogP contribution in [0.3, 0.4) is 0 Å². The standard InChI is InChI=1S/C15H28N2O3/c1-11(2)17(9-5-6-13(18)19)14(20)16-12-7-8-15(3,4)10-12/h11-12H,5-10H2,1-4H3,(H,16,20)(H,18,19). The maximum Gasteiger partial charge on any atom is 0.317 e. The van der Waals surface area contributed by atoms with Gasteiger partial charge >= 0.3 is 12.0 Å². The number of hydrogen-bond donors (Lipinski definition) is 2. The fraction of sp³-hybridized carbons (Fsp3) is 0.867. The van der Waals surface area contributed by atoms with Crippen molar-refractivity contribution in [2.24, 2.45) is 5.41 Å². The zero-order valence-electron chi connectivity index (χ0n) is 13.1. The van der Waals surface area contributed by atoms with Gasteiger partial charge in [0.2, 0.25) is 0 Å². The lowest BCUT2D eigenvalue weighted by Crippen LogP contribution is -2.47. The van der Waals surface area contributed by atoms with Crippen molar-refractivity contribution in [2.45, 2.75) is 71.9 Å². The van der Waals surface area contributed by atoms with E-state index in [9.17, 15) is 9.59 Å². The van der Waals surface area contributed by atoms with E-state index in [1.807, 2.05) is 13.8 Å². The highest BCUT2D eigenvalue weighted by molar-refractivity contribution is 5.75. The topological polar surface area (TPSA) is 69.6 Å². The number of hydrogen-bond acceptors (Lipinski definition) is 2. The van der Waals surface area contributed by atoms with Gasteiger partial charge in [-0.1, -0.05) is 13.8 Å². The van der Waals surface area contributed by atoms with Gasteiger partial charge in [-0.2, -0.15) is 0 Å². The van der Waals surface area contributed by atoms with Gasteiger partial charge in [0, 0.05) is 25.0 Å². The molecule has 0 spiro atoms. The van der Waals surface area contributed by atoms with Gasteiger partial charge in [0.05, 0.1) is 0 Å². The monoisotopic (exact) mass is 284 g/mol. The lowest BCUT2D eigenvalue weighted by Gasteiger charge is -2.29. The number of carbonyl (C=O) groups excluding carboxylic acids is 1. The summed E-state index contributed by atoms with van der Waals surface area (Å²) in [7, 11) is 0. The van der Waals surface area contributed by atoms with E-state index in [4.69, 9.17) is 5.11 Å². The number of carbonyl (C=O) groups is 2. The summed E-state index contributed by atoms with van der Waals surface area (Å²) < 4.78 is 0. The molecule has 0 aromatic carbocycles. The number of nitrogens with zero attached hydrogens (tertiary/aromatic N) is 1. The first-order chi connectivity index (χ1) is 9.21. The van der Waals surface area contributed by atoms with E-state index >= 15 is 0 Å². The van der Waals surface area contributed by atoms with Crippen molar-refractivity contribution in [1.29, 1.82) is 0 Å². The van der Waals surface area contributed by atoms with Crippen LogP contribution in [0.5, 0.6) is 0 Å². The first-order valence-corrected chi connectivity index (χ1v) is 7.50. The molecule has 2 N–H and O–H groups in total. The number of carboxylic acid groups (broad SMARTS) is 1. The van der Waals surface area contributed by atoms with Crippen LogP contribution in [0.25, 0.3) is 0 Å². The van der Waals surface area contributed by atoms with Gasteiger partial charge in [-0.25, -0.2) is 4.79 Å². The highest BCUT2D eigenvalue weighted by atomic mass is 16.4. The van der Waals surface area contributed by atoms with Crippen molar-refractivity contribution in [3.63, 3.8) is 0 Å². The molecule has 0 radical (unpaired) electrons. The van der Waals surface area contributed by atoms with Crippen LogP contribution in [0.15, 0.2) is 0 Å². The second-order valence-electron chi connectivity index (χ2n) is 6.84. The van der Waals surface area contributed by atoms with Gasteiger partial charge in [0.1, 0.15) is 0 Å². The maximum atomic E-state index is 12.3. The SMILES string of the molecule is CC(C)N(CCCC(=O)O)C(=O)NC1CCC(C)(C)C1. The number of urea groups is 1. The lowest BCUT2D eigenvalue weighted by atomic mass is 9.92. The Morgan fingerprint density at radius 3 is 2.50 bits per heavy atom. The van der Waals surface area contributed by atoms with Crippen molar-refractivity contribution >= 4 is 12.0 Å². The summed E-state index contributed by atoms with van der Waals surface area (Å²) in [5.41, 5.74) is 0.309. The van der Waals surface area contributed by atoms with Crippen LogP contribution < -0.4 is 5.32 Å². The van der Waals surface area contributed by atoms with E-state index in [1.54, 1.807) is 4.90 Å². The second-order valence-corrected chi connectivity index (χ2v) is 6.84. The predicted molar refractivity (Wildman–Crippen MR) is 78.7 cm³/mol. The van der Waals surface area contributed by atoms with Crippen LogP contribution in [-0.2, 0) is 4.79 Å². The molecule has 116 valence electrons. The highest BCUT2D eigenvalue weighted by Crippen LogP contribution is 2.36. The molecule has 1 fully saturated rings. The third kappa shape index (κ3) is 5.39. The normalized spacial score (nSPS) is 20.9. The number of rotatable bonds is 6. The Morgan fingerprint density at radius 1 is 1.40 bits per heavy atom. The molecule has 0 aromatic rings. The van der Waals surface area contributed by atoms with E-state index in [0.717, 1.165) is 19.3 Å². The summed E-state index contributed by atoms with van der Waals surface area (Å²) in [6.07, 6.45) is 3.78. The molecular weight excluding hydrogens is 256 g/mol. The third-order valence-electron chi connectivity index (χ3n) is 3.97. The van der Waals surface area contributed by atoms with Gasteiger partial charge in [-0.3, -0.25) is 4.79 Å². The van der Waals surface area contributed by atoms with Crippen LogP contribution in [-0.4, -0.2) is 40.6 Å². The Hall–Kier alpha value is -1.26. The molecule has 0 saturated heterocycles. The van der Waals surface area contributed by atoms with Crippen molar-refractivity contribution in [2.75, 3.05) is 6.54 Å². The maximum absolute atomic E-state index is 12.3. The minimum absolute atomic E-state index is 0.0620. The number of carboxylic acids is 1. The fourth-order valence-corrected chi connectivity index (χ4v) is 2.81. The summed E-state index contributed by atoms with van der Waals surface area (Å²) in [5.74, 6) is -0.813. The molecule has 1 aliphatic rings. The largest absolute Gasteiger partial charge is 0.481 e. The van der Waals surface area contributed by atoms with Gasteiger partial charge in [-0.15, -0.1) is 0 Å². The Morgan fingerprint density at radius 2 is 2.05 bits per heavy atom. The van der Waals surface area contributed by atoms with Crippen molar-refractivity contribution in [3.8, 4) is 0 Å². The molecule has 20 heavy (non-hydrogen) atoms. The molecule has 1 aliphatic carbocycles. The number of amides is 2. The smallest absolute Gasteiger partial charge is 0.317 e. The van der Waals surface area contributed by atoms with Gasteiger partial charge < -0.3 is 15.3 Å². The molecule has 5 heteroatoms. The first kappa shape index (κ1) is 16.8. The average molecular weight is 284 g/mol. The van der Waals surface area contributed by atoms with Crippen molar-refractivity contribution < 1.29 is 14.7 Å². The average Bonchev–Trinajstić information content (AvgIpc) is 2.63. The number of aliphatic carboxylic acids is 1. The van der Waals surface area contributed by atoms with Crippen LogP contribution in [0.2, 0.25) is 0 Å². The Labute approximate surface area is 121 Å². The van der Waals surface area contributed by atoms with Crippen LogP contribution in [0, 0.1) is 5.41 Å². The van der Waals surface area contributed by atoms with Gasteiger partial charge in [0.15, 0.2) is 0 Å². The molecule has 1 atom stereocenters. The summed E-state index contributed by atoms with van der Waals surface area (Å²) >= 11 is 0. The summed E-state index contributed by atoms with van der Waals surface area (Å²) in [6.45, 7) is 8.86. The van der Waals surface area contributed by atoms with E-state index in [0.29, 0.717) is 18.4 Å². The number of nitrogens with one attached hydrogen (secondary N) is 1. The second kappa shape index (κ2) is 6.95. The zero-order chi connectivity index (χ0) is 15.3. The van der Waals surface area contributed by atoms with Crippen LogP contribution in [0.1, 0.15) is 59.8 Å². The molecule has 0 aromatic heterocycles. The summed E-state index contributed by atoms with van der Waals surface area (Å²) in [6, 6.07) is 0.268. The minimum atomic E-state index is -0.813. The van der Waals surface area contributed by atoms with Gasteiger partial charge in [-0.05, 0) is 44.9 Å². The summed E-state index contributed by atoms with van der Waals surface area (Å²) in [4.78, 5) is 24.6. The summed E-state index contributed by atoms with van der Waals surface area (Å²) in [5, 5.41) is 11.8. The van der Waals surface area contributed by atoms with Crippen molar-refractivity contribution in [3.05, 3.63) is 0 Å². The predicted octanol–water partition coefficient (Wildman–Crippen LogP) is 2.85.